The molecular formula is C22H32N2O6. The van der Waals surface area contributed by atoms with Gasteiger partial charge in [0, 0.05) is 19.9 Å². The van der Waals surface area contributed by atoms with Crippen LogP contribution in [0.3, 0.4) is 0 Å². The molecule has 0 aliphatic carbocycles. The predicted molar refractivity (Wildman–Crippen MR) is 109 cm³/mol. The quantitative estimate of drug-likeness (QED) is 0.691. The fourth-order valence-corrected chi connectivity index (χ4v) is 3.89. The molecule has 3 rings (SSSR count). The van der Waals surface area contributed by atoms with Crippen LogP contribution in [0.15, 0.2) is 30.3 Å². The van der Waals surface area contributed by atoms with E-state index in [0.29, 0.717) is 19.6 Å². The second-order valence-electron chi connectivity index (χ2n) is 9.18. The van der Waals surface area contributed by atoms with Gasteiger partial charge in [-0.3, -0.25) is 14.5 Å². The summed E-state index contributed by atoms with van der Waals surface area (Å²) in [7, 11) is 0. The highest BCUT2D eigenvalue weighted by Crippen LogP contribution is 2.37. The van der Waals surface area contributed by atoms with E-state index in [0.717, 1.165) is 5.56 Å². The van der Waals surface area contributed by atoms with Gasteiger partial charge in [0.1, 0.15) is 11.3 Å². The molecule has 2 saturated heterocycles. The number of carbonyl (C=O) groups excluding carboxylic acids is 2. The monoisotopic (exact) mass is 420 g/mol. The molecule has 1 aromatic carbocycles. The van der Waals surface area contributed by atoms with Crippen molar-refractivity contribution in [2.24, 2.45) is 0 Å². The van der Waals surface area contributed by atoms with Crippen molar-refractivity contribution in [3.63, 3.8) is 0 Å². The normalized spacial score (nSPS) is 26.6. The van der Waals surface area contributed by atoms with Crippen molar-refractivity contribution in [3.05, 3.63) is 35.9 Å². The van der Waals surface area contributed by atoms with Crippen molar-refractivity contribution in [1.82, 2.24) is 9.96 Å². The fraction of sp³-hybridized carbons (Fsp3) is 0.636. The summed E-state index contributed by atoms with van der Waals surface area (Å²) < 4.78 is 16.9. The summed E-state index contributed by atoms with van der Waals surface area (Å²) in [5.74, 6) is -0.410. The molecule has 2 fully saturated rings. The number of esters is 1. The first kappa shape index (κ1) is 22.5. The van der Waals surface area contributed by atoms with Gasteiger partial charge in [-0.1, -0.05) is 30.3 Å². The maximum Gasteiger partial charge on any atom is 0.412 e. The molecule has 8 heteroatoms. The molecule has 0 spiro atoms. The molecule has 8 nitrogen and oxygen atoms in total. The molecule has 2 heterocycles. The summed E-state index contributed by atoms with van der Waals surface area (Å²) in [6, 6.07) is 9.31. The highest BCUT2D eigenvalue weighted by molar-refractivity contribution is 5.70. The molecule has 1 amide bonds. The van der Waals surface area contributed by atoms with Crippen molar-refractivity contribution in [1.29, 1.82) is 0 Å². The van der Waals surface area contributed by atoms with E-state index in [1.165, 1.54) is 6.92 Å². The molecular weight excluding hydrogens is 388 g/mol. The van der Waals surface area contributed by atoms with Crippen molar-refractivity contribution >= 4 is 12.1 Å². The van der Waals surface area contributed by atoms with Crippen LogP contribution in [0.2, 0.25) is 0 Å². The molecule has 30 heavy (non-hydrogen) atoms. The first-order valence-electron chi connectivity index (χ1n) is 10.3. The second-order valence-corrected chi connectivity index (χ2v) is 9.18. The lowest BCUT2D eigenvalue weighted by molar-refractivity contribution is -0.241. The number of ether oxygens (including phenoxy) is 3. The minimum atomic E-state index is -0.828. The van der Waals surface area contributed by atoms with E-state index in [1.54, 1.807) is 9.96 Å². The van der Waals surface area contributed by atoms with Crippen LogP contribution in [0.25, 0.3) is 0 Å². The summed E-state index contributed by atoms with van der Waals surface area (Å²) in [5, 5.41) is 1.79. The SMILES string of the molecule is CC(=O)O[C@H]1C[C@H]([C@@H]2COC(C)(C)N2C(=O)OC(C)(C)C)N(Cc2ccccc2)O1. The predicted octanol–water partition coefficient (Wildman–Crippen LogP) is 3.45. The number of benzene rings is 1. The highest BCUT2D eigenvalue weighted by atomic mass is 16.8. The Morgan fingerprint density at radius 2 is 1.83 bits per heavy atom. The number of hydroxylamine groups is 2. The van der Waals surface area contributed by atoms with Gasteiger partial charge < -0.3 is 14.2 Å². The van der Waals surface area contributed by atoms with Crippen LogP contribution in [-0.4, -0.2) is 58.3 Å². The van der Waals surface area contributed by atoms with Crippen LogP contribution in [0.4, 0.5) is 4.79 Å². The number of amides is 1. The zero-order valence-corrected chi connectivity index (χ0v) is 18.6. The number of nitrogens with zero attached hydrogens (tertiary/aromatic N) is 2. The van der Waals surface area contributed by atoms with E-state index in [4.69, 9.17) is 19.0 Å². The molecule has 1 aromatic rings. The maximum atomic E-state index is 13.0. The average Bonchev–Trinajstić information content (AvgIpc) is 3.13. The Kier molecular flexibility index (Phi) is 6.40. The average molecular weight is 421 g/mol. The van der Waals surface area contributed by atoms with Gasteiger partial charge in [0.15, 0.2) is 0 Å². The van der Waals surface area contributed by atoms with E-state index in [-0.39, 0.29) is 12.1 Å². The Labute approximate surface area is 178 Å². The Morgan fingerprint density at radius 3 is 2.43 bits per heavy atom. The van der Waals surface area contributed by atoms with Crippen LogP contribution >= 0.6 is 0 Å². The second kappa shape index (κ2) is 8.53. The van der Waals surface area contributed by atoms with Crippen molar-refractivity contribution in [2.45, 2.75) is 84.2 Å². The number of hydrogen-bond acceptors (Lipinski definition) is 7. The molecule has 0 unspecified atom stereocenters. The van der Waals surface area contributed by atoms with E-state index < -0.39 is 29.7 Å². The molecule has 0 N–H and O–H groups in total. The number of rotatable bonds is 4. The largest absolute Gasteiger partial charge is 0.444 e. The Bertz CT molecular complexity index is 761. The first-order valence-corrected chi connectivity index (χ1v) is 10.3. The molecule has 3 atom stereocenters. The van der Waals surface area contributed by atoms with Crippen LogP contribution in [0.1, 0.15) is 53.5 Å². The van der Waals surface area contributed by atoms with Crippen molar-refractivity contribution in [3.8, 4) is 0 Å². The van der Waals surface area contributed by atoms with Crippen LogP contribution in [0.5, 0.6) is 0 Å². The lowest BCUT2D eigenvalue weighted by Crippen LogP contribution is -2.55. The van der Waals surface area contributed by atoms with E-state index >= 15 is 0 Å². The number of hydrogen-bond donors (Lipinski definition) is 0. The lowest BCUT2D eigenvalue weighted by Gasteiger charge is -2.38. The van der Waals surface area contributed by atoms with E-state index in [1.807, 2.05) is 65.0 Å². The standard InChI is InChI=1S/C22H32N2O6/c1-15(25)28-19-12-17(23(30-19)13-16-10-8-7-9-11-16)18-14-27-22(5,6)24(18)20(26)29-21(2,3)4/h7-11,17-19H,12-14H2,1-6H3/t17-,18+,19-/m1/s1. The highest BCUT2D eigenvalue weighted by Gasteiger charge is 2.53. The Morgan fingerprint density at radius 1 is 1.17 bits per heavy atom. The lowest BCUT2D eigenvalue weighted by atomic mass is 10.0. The fourth-order valence-electron chi connectivity index (χ4n) is 3.89. The summed E-state index contributed by atoms with van der Waals surface area (Å²) in [6.07, 6.45) is -0.721. The van der Waals surface area contributed by atoms with Crippen LogP contribution < -0.4 is 0 Å². The van der Waals surface area contributed by atoms with Gasteiger partial charge in [0.2, 0.25) is 6.29 Å². The molecule has 0 radical (unpaired) electrons. The van der Waals surface area contributed by atoms with Gasteiger partial charge in [-0.25, -0.2) is 4.79 Å². The van der Waals surface area contributed by atoms with Crippen LogP contribution in [-0.2, 0) is 30.4 Å². The first-order chi connectivity index (χ1) is 14.0. The van der Waals surface area contributed by atoms with Crippen molar-refractivity contribution < 1.29 is 28.6 Å². The molecule has 2 aliphatic rings. The third-order valence-corrected chi connectivity index (χ3v) is 5.09. The summed E-state index contributed by atoms with van der Waals surface area (Å²) >= 11 is 0. The van der Waals surface area contributed by atoms with E-state index in [9.17, 15) is 9.59 Å². The van der Waals surface area contributed by atoms with E-state index in [2.05, 4.69) is 0 Å². The van der Waals surface area contributed by atoms with Gasteiger partial charge in [-0.05, 0) is 40.2 Å². The number of carbonyl (C=O) groups is 2. The molecule has 0 saturated carbocycles. The van der Waals surface area contributed by atoms with Crippen molar-refractivity contribution in [2.75, 3.05) is 6.61 Å². The van der Waals surface area contributed by atoms with Gasteiger partial charge in [0.25, 0.3) is 0 Å². The Balaban J connectivity index is 1.85. The third-order valence-electron chi connectivity index (χ3n) is 5.09. The molecule has 0 bridgehead atoms. The summed E-state index contributed by atoms with van der Waals surface area (Å²) in [5.41, 5.74) is -0.408. The van der Waals surface area contributed by atoms with Gasteiger partial charge in [-0.15, -0.1) is 0 Å². The zero-order chi connectivity index (χ0) is 22.1. The molecule has 2 aliphatic heterocycles. The third kappa shape index (κ3) is 5.30. The topological polar surface area (TPSA) is 77.5 Å². The maximum absolute atomic E-state index is 13.0. The molecule has 166 valence electrons. The minimum absolute atomic E-state index is 0.233. The smallest absolute Gasteiger partial charge is 0.412 e. The van der Waals surface area contributed by atoms with Gasteiger partial charge >= 0.3 is 12.1 Å². The summed E-state index contributed by atoms with van der Waals surface area (Å²) in [6.45, 7) is 11.4. The Hall–Kier alpha value is -2.16. The minimum Gasteiger partial charge on any atom is -0.444 e. The molecule has 0 aromatic heterocycles. The zero-order valence-electron chi connectivity index (χ0n) is 18.6. The van der Waals surface area contributed by atoms with Crippen LogP contribution in [0, 0.1) is 0 Å². The van der Waals surface area contributed by atoms with Gasteiger partial charge in [0.05, 0.1) is 18.7 Å². The summed E-state index contributed by atoms with van der Waals surface area (Å²) in [4.78, 5) is 32.1. The van der Waals surface area contributed by atoms with Gasteiger partial charge in [-0.2, -0.15) is 5.06 Å².